The summed E-state index contributed by atoms with van der Waals surface area (Å²) in [5.74, 6) is -0.751. The van der Waals surface area contributed by atoms with Crippen molar-refractivity contribution in [1.29, 1.82) is 0 Å². The number of ketones is 1. The molecule has 16 heavy (non-hydrogen) atoms. The molecule has 0 amide bonds. The summed E-state index contributed by atoms with van der Waals surface area (Å²) in [7, 11) is 1.26. The zero-order valence-corrected chi connectivity index (χ0v) is 10.3. The van der Waals surface area contributed by atoms with Crippen LogP contribution in [0.4, 0.5) is 0 Å². The number of hydrogen-bond donors (Lipinski definition) is 0. The molecule has 0 aliphatic rings. The van der Waals surface area contributed by atoms with Crippen molar-refractivity contribution in [2.75, 3.05) is 7.11 Å². The number of esters is 1. The fourth-order valence-electron chi connectivity index (χ4n) is 1.20. The molecule has 3 nitrogen and oxygen atoms in total. The molecular weight excluding hydrogens is 251 g/mol. The summed E-state index contributed by atoms with van der Waals surface area (Å²) >= 11 is 11.7. The Labute approximate surface area is 103 Å². The van der Waals surface area contributed by atoms with Crippen molar-refractivity contribution in [2.24, 2.45) is 0 Å². The summed E-state index contributed by atoms with van der Waals surface area (Å²) in [5, 5.41) is -0.510. The third kappa shape index (κ3) is 2.74. The van der Waals surface area contributed by atoms with E-state index in [0.29, 0.717) is 5.56 Å². The summed E-state index contributed by atoms with van der Waals surface area (Å²) in [6.07, 6.45) is 0. The molecule has 0 fully saturated rings. The summed E-state index contributed by atoms with van der Waals surface area (Å²) < 4.78 is 4.56. The first-order chi connectivity index (χ1) is 7.47. The highest BCUT2D eigenvalue weighted by Gasteiger charge is 2.17. The van der Waals surface area contributed by atoms with Crippen LogP contribution in [-0.2, 0) is 9.53 Å². The van der Waals surface area contributed by atoms with E-state index in [1.165, 1.54) is 26.2 Å². The van der Waals surface area contributed by atoms with Crippen molar-refractivity contribution < 1.29 is 14.3 Å². The zero-order valence-electron chi connectivity index (χ0n) is 8.79. The number of benzene rings is 1. The first-order valence-corrected chi connectivity index (χ1v) is 5.31. The van der Waals surface area contributed by atoms with Crippen LogP contribution in [0.25, 0.3) is 0 Å². The number of carbonyl (C=O) groups excluding carboxylic acids is 2. The Bertz CT molecular complexity index is 429. The molecular formula is C11H10Cl2O3. The molecule has 0 spiro atoms. The van der Waals surface area contributed by atoms with E-state index in [-0.39, 0.29) is 16.4 Å². The molecule has 1 rings (SSSR count). The van der Waals surface area contributed by atoms with Gasteiger partial charge in [0.15, 0.2) is 5.78 Å². The van der Waals surface area contributed by atoms with Gasteiger partial charge in [-0.3, -0.25) is 4.79 Å². The predicted octanol–water partition coefficient (Wildman–Crippen LogP) is 3.00. The molecule has 1 aromatic rings. The number of rotatable bonds is 3. The number of halogens is 2. The Morgan fingerprint density at radius 1 is 1.38 bits per heavy atom. The van der Waals surface area contributed by atoms with E-state index in [1.54, 1.807) is 6.07 Å². The number of Topliss-reactive ketones (excluding diaryl/α,β-unsaturated/α-hetero) is 1. The van der Waals surface area contributed by atoms with Gasteiger partial charge in [0.2, 0.25) is 0 Å². The molecule has 0 radical (unpaired) electrons. The molecule has 1 aromatic carbocycles. The summed E-state index contributed by atoms with van der Waals surface area (Å²) in [6, 6.07) is 4.59. The molecule has 0 aromatic heterocycles. The van der Waals surface area contributed by atoms with E-state index in [4.69, 9.17) is 23.2 Å². The maximum absolute atomic E-state index is 11.3. The fourth-order valence-corrected chi connectivity index (χ4v) is 1.53. The molecule has 86 valence electrons. The van der Waals surface area contributed by atoms with Crippen molar-refractivity contribution >= 4 is 35.0 Å². The second-order valence-corrected chi connectivity index (χ2v) is 4.05. The van der Waals surface area contributed by atoms with Crippen LogP contribution in [0.15, 0.2) is 18.2 Å². The van der Waals surface area contributed by atoms with Gasteiger partial charge in [-0.15, -0.1) is 11.6 Å². The van der Waals surface area contributed by atoms with E-state index in [2.05, 4.69) is 4.74 Å². The molecule has 0 bridgehead atoms. The van der Waals surface area contributed by atoms with Crippen molar-refractivity contribution in [3.05, 3.63) is 34.3 Å². The van der Waals surface area contributed by atoms with Crippen LogP contribution in [0, 0.1) is 0 Å². The lowest BCUT2D eigenvalue weighted by molar-refractivity contribution is -0.116. The van der Waals surface area contributed by atoms with E-state index in [1.807, 2.05) is 0 Å². The van der Waals surface area contributed by atoms with Gasteiger partial charge in [0.1, 0.15) is 5.38 Å². The highest BCUT2D eigenvalue weighted by atomic mass is 35.5. The number of ether oxygens (including phenoxy) is 1. The molecule has 1 unspecified atom stereocenters. The highest BCUT2D eigenvalue weighted by molar-refractivity contribution is 6.34. The average molecular weight is 261 g/mol. The molecule has 0 aliphatic heterocycles. The lowest BCUT2D eigenvalue weighted by Crippen LogP contribution is -2.06. The highest BCUT2D eigenvalue weighted by Crippen LogP contribution is 2.26. The SMILES string of the molecule is COC(=O)c1cc(C(Cl)C(C)=O)ccc1Cl. The van der Waals surface area contributed by atoms with Crippen LogP contribution in [-0.4, -0.2) is 18.9 Å². The van der Waals surface area contributed by atoms with Crippen molar-refractivity contribution in [2.45, 2.75) is 12.3 Å². The van der Waals surface area contributed by atoms with E-state index >= 15 is 0 Å². The maximum Gasteiger partial charge on any atom is 0.339 e. The smallest absolute Gasteiger partial charge is 0.339 e. The van der Waals surface area contributed by atoms with Gasteiger partial charge in [0.25, 0.3) is 0 Å². The van der Waals surface area contributed by atoms with Crippen LogP contribution < -0.4 is 0 Å². The van der Waals surface area contributed by atoms with Crippen LogP contribution >= 0.6 is 23.2 Å². The number of methoxy groups -OCH3 is 1. The van der Waals surface area contributed by atoms with Crippen LogP contribution in [0.2, 0.25) is 5.02 Å². The summed E-state index contributed by atoms with van der Waals surface area (Å²) in [6.45, 7) is 1.38. The minimum Gasteiger partial charge on any atom is -0.465 e. The van der Waals surface area contributed by atoms with Gasteiger partial charge >= 0.3 is 5.97 Å². The Morgan fingerprint density at radius 3 is 2.50 bits per heavy atom. The topological polar surface area (TPSA) is 43.4 Å². The van der Waals surface area contributed by atoms with Gasteiger partial charge in [-0.05, 0) is 24.6 Å². The van der Waals surface area contributed by atoms with Gasteiger partial charge in [0, 0.05) is 0 Å². The normalized spacial score (nSPS) is 12.0. The quantitative estimate of drug-likeness (QED) is 0.620. The van der Waals surface area contributed by atoms with Crippen molar-refractivity contribution in [1.82, 2.24) is 0 Å². The third-order valence-corrected chi connectivity index (χ3v) is 2.93. The maximum atomic E-state index is 11.3. The standard InChI is InChI=1S/C11H10Cl2O3/c1-6(14)10(13)7-3-4-9(12)8(5-7)11(15)16-2/h3-5,10H,1-2H3. The molecule has 0 saturated carbocycles. The second kappa shape index (κ2) is 5.32. The lowest BCUT2D eigenvalue weighted by atomic mass is 10.1. The van der Waals surface area contributed by atoms with Gasteiger partial charge in [-0.25, -0.2) is 4.79 Å². The minimum absolute atomic E-state index is 0.195. The minimum atomic E-state index is -0.777. The van der Waals surface area contributed by atoms with E-state index < -0.39 is 11.3 Å². The zero-order chi connectivity index (χ0) is 12.3. The molecule has 0 aliphatic carbocycles. The van der Waals surface area contributed by atoms with Gasteiger partial charge in [-0.1, -0.05) is 17.7 Å². The largest absolute Gasteiger partial charge is 0.465 e. The van der Waals surface area contributed by atoms with Crippen molar-refractivity contribution in [3.63, 3.8) is 0 Å². The Morgan fingerprint density at radius 2 is 2.00 bits per heavy atom. The average Bonchev–Trinajstić information content (AvgIpc) is 2.27. The first kappa shape index (κ1) is 13.0. The Kier molecular flexibility index (Phi) is 4.33. The summed E-state index contributed by atoms with van der Waals surface area (Å²) in [4.78, 5) is 22.4. The number of alkyl halides is 1. The molecule has 0 saturated heterocycles. The molecule has 1 atom stereocenters. The Hall–Kier alpha value is -1.06. The van der Waals surface area contributed by atoms with Crippen molar-refractivity contribution in [3.8, 4) is 0 Å². The second-order valence-electron chi connectivity index (χ2n) is 3.20. The van der Waals surface area contributed by atoms with Gasteiger partial charge < -0.3 is 4.74 Å². The van der Waals surface area contributed by atoms with Gasteiger partial charge in [0.05, 0.1) is 17.7 Å². The molecule has 0 N–H and O–H groups in total. The van der Waals surface area contributed by atoms with Crippen LogP contribution in [0.3, 0.4) is 0 Å². The van der Waals surface area contributed by atoms with Crippen LogP contribution in [0.1, 0.15) is 28.2 Å². The summed E-state index contributed by atoms with van der Waals surface area (Å²) in [5.41, 5.74) is 0.729. The Balaban J connectivity index is 3.17. The number of hydrogen-bond acceptors (Lipinski definition) is 3. The lowest BCUT2D eigenvalue weighted by Gasteiger charge is -2.08. The monoisotopic (exact) mass is 260 g/mol. The predicted molar refractivity (Wildman–Crippen MR) is 62.1 cm³/mol. The van der Waals surface area contributed by atoms with E-state index in [9.17, 15) is 9.59 Å². The third-order valence-electron chi connectivity index (χ3n) is 2.05. The molecule has 0 heterocycles. The van der Waals surface area contributed by atoms with Gasteiger partial charge in [-0.2, -0.15) is 0 Å². The fraction of sp³-hybridized carbons (Fsp3) is 0.273. The van der Waals surface area contributed by atoms with Crippen LogP contribution in [0.5, 0.6) is 0 Å². The first-order valence-electron chi connectivity index (χ1n) is 4.49. The van der Waals surface area contributed by atoms with E-state index in [0.717, 1.165) is 0 Å². The number of carbonyl (C=O) groups is 2. The molecule has 5 heteroatoms.